The molecule has 0 aliphatic carbocycles. The lowest BCUT2D eigenvalue weighted by Gasteiger charge is -2.00. The predicted octanol–water partition coefficient (Wildman–Crippen LogP) is 4.22. The average Bonchev–Trinajstić information content (AvgIpc) is 2.79. The zero-order valence-electron chi connectivity index (χ0n) is 9.84. The molecule has 6 heteroatoms. The standard InChI is InChI=1S/C13H10ClN3S2/c14-10-6-16-4-3-8(10)7-18-13-17-11-2-1-9(15)5-12(11)19-13/h1-6H,7,15H2. The van der Waals surface area contributed by atoms with E-state index in [2.05, 4.69) is 9.97 Å². The van der Waals surface area contributed by atoms with Crippen LogP contribution in [-0.4, -0.2) is 9.97 Å². The SMILES string of the molecule is Nc1ccc2nc(SCc3ccncc3Cl)sc2c1. The van der Waals surface area contributed by atoms with Crippen LogP contribution in [0, 0.1) is 0 Å². The molecule has 3 nitrogen and oxygen atoms in total. The van der Waals surface area contributed by atoms with Gasteiger partial charge in [-0.3, -0.25) is 4.98 Å². The van der Waals surface area contributed by atoms with Crippen molar-refractivity contribution >= 4 is 50.6 Å². The summed E-state index contributed by atoms with van der Waals surface area (Å²) in [6.45, 7) is 0. The van der Waals surface area contributed by atoms with Crippen molar-refractivity contribution in [1.82, 2.24) is 9.97 Å². The van der Waals surface area contributed by atoms with E-state index in [1.54, 1.807) is 35.5 Å². The molecule has 0 spiro atoms. The Morgan fingerprint density at radius 3 is 3.05 bits per heavy atom. The number of pyridine rings is 1. The summed E-state index contributed by atoms with van der Waals surface area (Å²) in [5, 5.41) is 0.695. The summed E-state index contributed by atoms with van der Waals surface area (Å²) in [7, 11) is 0. The number of hydrogen-bond acceptors (Lipinski definition) is 5. The molecule has 0 aliphatic heterocycles. The van der Waals surface area contributed by atoms with E-state index in [0.29, 0.717) is 5.02 Å². The van der Waals surface area contributed by atoms with Crippen LogP contribution in [0.2, 0.25) is 5.02 Å². The molecule has 2 N–H and O–H groups in total. The van der Waals surface area contributed by atoms with Crippen molar-refractivity contribution in [3.05, 3.63) is 47.2 Å². The van der Waals surface area contributed by atoms with Crippen molar-refractivity contribution in [1.29, 1.82) is 0 Å². The Labute approximate surface area is 123 Å². The summed E-state index contributed by atoms with van der Waals surface area (Å²) in [5.41, 5.74) is 8.59. The number of fused-ring (bicyclic) bond motifs is 1. The van der Waals surface area contributed by atoms with Crippen LogP contribution in [-0.2, 0) is 5.75 Å². The van der Waals surface area contributed by atoms with Gasteiger partial charge in [-0.25, -0.2) is 4.98 Å². The van der Waals surface area contributed by atoms with Crippen molar-refractivity contribution in [2.75, 3.05) is 5.73 Å². The maximum atomic E-state index is 6.08. The van der Waals surface area contributed by atoms with Gasteiger partial charge < -0.3 is 5.73 Å². The van der Waals surface area contributed by atoms with Crippen molar-refractivity contribution in [2.24, 2.45) is 0 Å². The van der Waals surface area contributed by atoms with E-state index in [0.717, 1.165) is 31.6 Å². The maximum absolute atomic E-state index is 6.08. The first-order valence-electron chi connectivity index (χ1n) is 5.59. The van der Waals surface area contributed by atoms with E-state index < -0.39 is 0 Å². The van der Waals surface area contributed by atoms with Crippen LogP contribution in [0.15, 0.2) is 41.0 Å². The Morgan fingerprint density at radius 2 is 2.21 bits per heavy atom. The molecule has 3 rings (SSSR count). The van der Waals surface area contributed by atoms with Gasteiger partial charge in [0.25, 0.3) is 0 Å². The lowest BCUT2D eigenvalue weighted by molar-refractivity contribution is 1.26. The van der Waals surface area contributed by atoms with Gasteiger partial charge in [0.15, 0.2) is 4.34 Å². The number of nitrogens with zero attached hydrogens (tertiary/aromatic N) is 2. The monoisotopic (exact) mass is 307 g/mol. The first-order chi connectivity index (χ1) is 9.22. The Balaban J connectivity index is 1.80. The molecule has 2 aromatic heterocycles. The number of nitrogens with two attached hydrogens (primary N) is 1. The lowest BCUT2D eigenvalue weighted by atomic mass is 10.3. The molecule has 0 amide bonds. The first kappa shape index (κ1) is 12.7. The highest BCUT2D eigenvalue weighted by molar-refractivity contribution is 8.00. The summed E-state index contributed by atoms with van der Waals surface area (Å²) in [5.74, 6) is 0.788. The summed E-state index contributed by atoms with van der Waals surface area (Å²) >= 11 is 9.40. The second-order valence-corrected chi connectivity index (χ2v) is 6.62. The lowest BCUT2D eigenvalue weighted by Crippen LogP contribution is -1.83. The van der Waals surface area contributed by atoms with Gasteiger partial charge in [0.1, 0.15) is 0 Å². The minimum Gasteiger partial charge on any atom is -0.399 e. The fraction of sp³-hybridized carbons (Fsp3) is 0.0769. The van der Waals surface area contributed by atoms with Crippen molar-refractivity contribution in [2.45, 2.75) is 10.1 Å². The minimum absolute atomic E-state index is 0.695. The Morgan fingerprint density at radius 1 is 1.32 bits per heavy atom. The first-order valence-corrected chi connectivity index (χ1v) is 7.77. The van der Waals surface area contributed by atoms with E-state index in [4.69, 9.17) is 17.3 Å². The van der Waals surface area contributed by atoms with Gasteiger partial charge in [0, 0.05) is 23.8 Å². The molecule has 0 radical (unpaired) electrons. The van der Waals surface area contributed by atoms with E-state index in [1.807, 2.05) is 24.3 Å². The predicted molar refractivity (Wildman–Crippen MR) is 82.8 cm³/mol. The van der Waals surface area contributed by atoms with Crippen LogP contribution < -0.4 is 5.73 Å². The second-order valence-electron chi connectivity index (χ2n) is 3.96. The van der Waals surface area contributed by atoms with Crippen LogP contribution in [0.3, 0.4) is 0 Å². The molecule has 0 bridgehead atoms. The highest BCUT2D eigenvalue weighted by Gasteiger charge is 2.06. The number of anilines is 1. The molecule has 3 aromatic rings. The number of rotatable bonds is 3. The highest BCUT2D eigenvalue weighted by Crippen LogP contribution is 2.33. The zero-order chi connectivity index (χ0) is 13.2. The Bertz CT molecular complexity index is 727. The second kappa shape index (κ2) is 5.36. The molecule has 1 aromatic carbocycles. The molecule has 0 fully saturated rings. The molecular formula is C13H10ClN3S2. The number of aromatic nitrogens is 2. The van der Waals surface area contributed by atoms with E-state index in [1.165, 1.54) is 0 Å². The molecule has 0 saturated carbocycles. The van der Waals surface area contributed by atoms with Crippen LogP contribution in [0.4, 0.5) is 5.69 Å². The number of halogens is 1. The van der Waals surface area contributed by atoms with Crippen molar-refractivity contribution in [3.63, 3.8) is 0 Å². The van der Waals surface area contributed by atoms with Crippen LogP contribution in [0.1, 0.15) is 5.56 Å². The summed E-state index contributed by atoms with van der Waals surface area (Å²) in [6, 6.07) is 7.71. The van der Waals surface area contributed by atoms with Gasteiger partial charge in [-0.15, -0.1) is 11.3 Å². The third-order valence-electron chi connectivity index (χ3n) is 2.60. The molecule has 0 unspecified atom stereocenters. The topological polar surface area (TPSA) is 51.8 Å². The smallest absolute Gasteiger partial charge is 0.151 e. The summed E-state index contributed by atoms with van der Waals surface area (Å²) in [4.78, 5) is 8.54. The van der Waals surface area contributed by atoms with Gasteiger partial charge in [-0.2, -0.15) is 0 Å². The Hall–Kier alpha value is -1.30. The van der Waals surface area contributed by atoms with Gasteiger partial charge in [-0.05, 0) is 29.8 Å². The number of thioether (sulfide) groups is 1. The van der Waals surface area contributed by atoms with E-state index in [-0.39, 0.29) is 0 Å². The fourth-order valence-corrected chi connectivity index (χ4v) is 4.03. The van der Waals surface area contributed by atoms with Gasteiger partial charge in [0.2, 0.25) is 0 Å². The molecule has 0 atom stereocenters. The summed E-state index contributed by atoms with van der Waals surface area (Å²) < 4.78 is 2.14. The fourth-order valence-electron chi connectivity index (χ4n) is 1.64. The number of thiazole rings is 1. The quantitative estimate of drug-likeness (QED) is 0.581. The number of hydrogen-bond donors (Lipinski definition) is 1. The normalized spacial score (nSPS) is 11.0. The van der Waals surface area contributed by atoms with Gasteiger partial charge in [0.05, 0.1) is 15.2 Å². The third kappa shape index (κ3) is 2.83. The van der Waals surface area contributed by atoms with Gasteiger partial charge in [-0.1, -0.05) is 23.4 Å². The van der Waals surface area contributed by atoms with E-state index in [9.17, 15) is 0 Å². The third-order valence-corrected chi connectivity index (χ3v) is 5.15. The molecule has 19 heavy (non-hydrogen) atoms. The highest BCUT2D eigenvalue weighted by atomic mass is 35.5. The van der Waals surface area contributed by atoms with Crippen molar-refractivity contribution in [3.8, 4) is 0 Å². The molecule has 96 valence electrons. The number of benzene rings is 1. The molecule has 0 aliphatic rings. The minimum atomic E-state index is 0.695. The molecule has 0 saturated heterocycles. The van der Waals surface area contributed by atoms with Crippen molar-refractivity contribution < 1.29 is 0 Å². The van der Waals surface area contributed by atoms with E-state index >= 15 is 0 Å². The largest absolute Gasteiger partial charge is 0.399 e. The number of nitrogen functional groups attached to an aromatic ring is 1. The average molecular weight is 308 g/mol. The molecule has 2 heterocycles. The van der Waals surface area contributed by atoms with Crippen LogP contribution in [0.5, 0.6) is 0 Å². The summed E-state index contributed by atoms with van der Waals surface area (Å²) in [6.07, 6.45) is 3.41. The zero-order valence-corrected chi connectivity index (χ0v) is 12.2. The van der Waals surface area contributed by atoms with Crippen LogP contribution in [0.25, 0.3) is 10.2 Å². The Kier molecular flexibility index (Phi) is 3.59. The molecular weight excluding hydrogens is 298 g/mol. The maximum Gasteiger partial charge on any atom is 0.151 e. The van der Waals surface area contributed by atoms with Crippen LogP contribution >= 0.6 is 34.7 Å². The van der Waals surface area contributed by atoms with Gasteiger partial charge >= 0.3 is 0 Å².